The number of nitrogens with zero attached hydrogens (tertiary/aromatic N) is 3. The maximum atomic E-state index is 9.20. The number of imidazole rings is 1. The largest absolute Gasteiger partial charge is 0.334 e. The van der Waals surface area contributed by atoms with Gasteiger partial charge in [-0.1, -0.05) is 13.0 Å². The van der Waals surface area contributed by atoms with E-state index in [1.54, 1.807) is 0 Å². The van der Waals surface area contributed by atoms with Crippen molar-refractivity contribution in [2.75, 3.05) is 7.05 Å². The summed E-state index contributed by atoms with van der Waals surface area (Å²) in [6.07, 6.45) is 2.65. The van der Waals surface area contributed by atoms with Crippen LogP contribution in [-0.4, -0.2) is 16.6 Å². The van der Waals surface area contributed by atoms with Gasteiger partial charge in [-0.25, -0.2) is 4.98 Å². The van der Waals surface area contributed by atoms with E-state index in [-0.39, 0.29) is 12.0 Å². The van der Waals surface area contributed by atoms with E-state index in [1.807, 2.05) is 31.9 Å². The van der Waals surface area contributed by atoms with Crippen molar-refractivity contribution in [1.82, 2.24) is 14.9 Å². The lowest BCUT2D eigenvalue weighted by Gasteiger charge is -2.20. The summed E-state index contributed by atoms with van der Waals surface area (Å²) in [5, 5.41) is 12.4. The van der Waals surface area contributed by atoms with Crippen LogP contribution in [0.5, 0.6) is 0 Å². The standard InChI is InChI=1S/C14H18N4/c1-4-10(8-15)14(16-2)11-5-6-13-12(7-11)17-9-18(13)3/h5-7,9-10,14,16H,4H2,1-3H3. The molecule has 0 fully saturated rings. The number of hydrogen-bond acceptors (Lipinski definition) is 3. The molecule has 0 saturated heterocycles. The number of nitrogens with one attached hydrogen (secondary N) is 1. The molecule has 4 heteroatoms. The van der Waals surface area contributed by atoms with Crippen molar-refractivity contribution >= 4 is 11.0 Å². The van der Waals surface area contributed by atoms with E-state index >= 15 is 0 Å². The molecule has 0 aliphatic heterocycles. The van der Waals surface area contributed by atoms with Gasteiger partial charge in [-0.15, -0.1) is 0 Å². The molecule has 0 bridgehead atoms. The quantitative estimate of drug-likeness (QED) is 0.895. The van der Waals surface area contributed by atoms with Gasteiger partial charge in [-0.05, 0) is 31.2 Å². The molecule has 0 aliphatic rings. The van der Waals surface area contributed by atoms with Crippen molar-refractivity contribution in [1.29, 1.82) is 5.26 Å². The minimum Gasteiger partial charge on any atom is -0.334 e. The van der Waals surface area contributed by atoms with E-state index in [0.717, 1.165) is 23.0 Å². The fourth-order valence-electron chi connectivity index (χ4n) is 2.35. The highest BCUT2D eigenvalue weighted by atomic mass is 15.0. The summed E-state index contributed by atoms with van der Waals surface area (Å²) in [6.45, 7) is 2.04. The van der Waals surface area contributed by atoms with E-state index in [2.05, 4.69) is 34.6 Å². The Balaban J connectivity index is 2.43. The number of fused-ring (bicyclic) bond motifs is 1. The van der Waals surface area contributed by atoms with Gasteiger partial charge in [0, 0.05) is 13.1 Å². The Kier molecular flexibility index (Phi) is 3.63. The molecule has 0 saturated carbocycles. The SMILES string of the molecule is CCC(C#N)C(NC)c1ccc2c(c1)ncn2C. The lowest BCUT2D eigenvalue weighted by atomic mass is 9.92. The molecular formula is C14H18N4. The maximum absolute atomic E-state index is 9.20. The number of hydrogen-bond donors (Lipinski definition) is 1. The summed E-state index contributed by atoms with van der Waals surface area (Å²) >= 11 is 0. The Bertz CT molecular complexity index is 579. The van der Waals surface area contributed by atoms with Crippen LogP contribution in [0, 0.1) is 17.2 Å². The summed E-state index contributed by atoms with van der Waals surface area (Å²) in [6, 6.07) is 8.63. The Hall–Kier alpha value is -1.86. The van der Waals surface area contributed by atoms with Crippen molar-refractivity contribution in [3.05, 3.63) is 30.1 Å². The Morgan fingerprint density at radius 1 is 1.50 bits per heavy atom. The molecule has 2 rings (SSSR count). The molecular weight excluding hydrogens is 224 g/mol. The van der Waals surface area contributed by atoms with Gasteiger partial charge < -0.3 is 9.88 Å². The van der Waals surface area contributed by atoms with Gasteiger partial charge in [0.2, 0.25) is 0 Å². The minimum atomic E-state index is -0.0174. The second kappa shape index (κ2) is 5.19. The third-order valence-electron chi connectivity index (χ3n) is 3.43. The zero-order chi connectivity index (χ0) is 13.1. The number of aryl methyl sites for hydroxylation is 1. The van der Waals surface area contributed by atoms with Crippen LogP contribution < -0.4 is 5.32 Å². The molecule has 18 heavy (non-hydrogen) atoms. The molecule has 1 N–H and O–H groups in total. The van der Waals surface area contributed by atoms with Gasteiger partial charge in [0.25, 0.3) is 0 Å². The molecule has 1 aromatic carbocycles. The van der Waals surface area contributed by atoms with E-state index < -0.39 is 0 Å². The molecule has 2 aromatic rings. The van der Waals surface area contributed by atoms with Gasteiger partial charge in [0.05, 0.1) is 29.3 Å². The summed E-state index contributed by atoms with van der Waals surface area (Å²) in [7, 11) is 3.88. The number of rotatable bonds is 4. The van der Waals surface area contributed by atoms with Crippen LogP contribution in [0.15, 0.2) is 24.5 Å². The first kappa shape index (κ1) is 12.6. The van der Waals surface area contributed by atoms with E-state index in [0.29, 0.717) is 0 Å². The summed E-state index contributed by atoms with van der Waals surface area (Å²) in [4.78, 5) is 4.36. The van der Waals surface area contributed by atoms with Gasteiger partial charge >= 0.3 is 0 Å². The predicted octanol–water partition coefficient (Wildman–Crippen LogP) is 2.38. The van der Waals surface area contributed by atoms with Crippen molar-refractivity contribution in [3.8, 4) is 6.07 Å². The Morgan fingerprint density at radius 3 is 2.89 bits per heavy atom. The fourth-order valence-corrected chi connectivity index (χ4v) is 2.35. The highest BCUT2D eigenvalue weighted by molar-refractivity contribution is 5.76. The van der Waals surface area contributed by atoms with Crippen LogP contribution in [0.1, 0.15) is 24.9 Å². The minimum absolute atomic E-state index is 0.0174. The van der Waals surface area contributed by atoms with Crippen molar-refractivity contribution in [3.63, 3.8) is 0 Å². The summed E-state index contributed by atoms with van der Waals surface area (Å²) in [5.41, 5.74) is 3.21. The first-order valence-corrected chi connectivity index (χ1v) is 6.19. The highest BCUT2D eigenvalue weighted by Gasteiger charge is 2.20. The van der Waals surface area contributed by atoms with Crippen LogP contribution in [-0.2, 0) is 7.05 Å². The Labute approximate surface area is 107 Å². The number of nitriles is 1. The van der Waals surface area contributed by atoms with Crippen LogP contribution in [0.25, 0.3) is 11.0 Å². The summed E-state index contributed by atoms with van der Waals surface area (Å²) < 4.78 is 2.00. The average molecular weight is 242 g/mol. The van der Waals surface area contributed by atoms with Crippen LogP contribution in [0.4, 0.5) is 0 Å². The highest BCUT2D eigenvalue weighted by Crippen LogP contribution is 2.26. The lowest BCUT2D eigenvalue weighted by molar-refractivity contribution is 0.449. The normalized spacial score (nSPS) is 14.3. The lowest BCUT2D eigenvalue weighted by Crippen LogP contribution is -2.24. The van der Waals surface area contributed by atoms with E-state index in [9.17, 15) is 5.26 Å². The molecule has 2 atom stereocenters. The second-order valence-corrected chi connectivity index (χ2v) is 4.51. The van der Waals surface area contributed by atoms with Crippen LogP contribution >= 0.6 is 0 Å². The Morgan fingerprint density at radius 2 is 2.28 bits per heavy atom. The first-order chi connectivity index (χ1) is 8.71. The predicted molar refractivity (Wildman–Crippen MR) is 71.9 cm³/mol. The van der Waals surface area contributed by atoms with Crippen LogP contribution in [0.2, 0.25) is 0 Å². The molecule has 1 heterocycles. The molecule has 94 valence electrons. The molecule has 1 aromatic heterocycles. The molecule has 0 spiro atoms. The topological polar surface area (TPSA) is 53.6 Å². The summed E-state index contributed by atoms with van der Waals surface area (Å²) in [5.74, 6) is -0.0174. The first-order valence-electron chi connectivity index (χ1n) is 6.19. The second-order valence-electron chi connectivity index (χ2n) is 4.51. The van der Waals surface area contributed by atoms with Crippen LogP contribution in [0.3, 0.4) is 0 Å². The molecule has 0 aliphatic carbocycles. The smallest absolute Gasteiger partial charge is 0.0955 e. The van der Waals surface area contributed by atoms with Crippen molar-refractivity contribution in [2.45, 2.75) is 19.4 Å². The van der Waals surface area contributed by atoms with Crippen molar-refractivity contribution in [2.24, 2.45) is 13.0 Å². The maximum Gasteiger partial charge on any atom is 0.0955 e. The molecule has 0 radical (unpaired) electrons. The van der Waals surface area contributed by atoms with Gasteiger partial charge in [0.1, 0.15) is 0 Å². The molecule has 2 unspecified atom stereocenters. The number of benzene rings is 1. The average Bonchev–Trinajstić information content (AvgIpc) is 2.77. The number of aromatic nitrogens is 2. The van der Waals surface area contributed by atoms with Gasteiger partial charge in [0.15, 0.2) is 0 Å². The zero-order valence-electron chi connectivity index (χ0n) is 11.0. The third kappa shape index (κ3) is 2.09. The molecule has 0 amide bonds. The van der Waals surface area contributed by atoms with Gasteiger partial charge in [-0.3, -0.25) is 0 Å². The van der Waals surface area contributed by atoms with E-state index in [1.165, 1.54) is 0 Å². The third-order valence-corrected chi connectivity index (χ3v) is 3.43. The van der Waals surface area contributed by atoms with Gasteiger partial charge in [-0.2, -0.15) is 5.26 Å². The zero-order valence-corrected chi connectivity index (χ0v) is 11.0. The fraction of sp³-hybridized carbons (Fsp3) is 0.429. The van der Waals surface area contributed by atoms with E-state index in [4.69, 9.17) is 0 Å². The monoisotopic (exact) mass is 242 g/mol. The van der Waals surface area contributed by atoms with Crippen molar-refractivity contribution < 1.29 is 0 Å². The molecule has 4 nitrogen and oxygen atoms in total.